The number of benzene rings is 1. The third-order valence-corrected chi connectivity index (χ3v) is 6.06. The topological polar surface area (TPSA) is 66.5 Å². The molecular weight excluding hydrogens is 344 g/mol. The molecule has 1 aromatic rings. The Morgan fingerprint density at radius 1 is 1.35 bits per heavy atom. The number of nitrogens with zero attached hydrogens (tertiary/aromatic N) is 1. The van der Waals surface area contributed by atoms with Gasteiger partial charge in [0.1, 0.15) is 0 Å². The van der Waals surface area contributed by atoms with Crippen LogP contribution >= 0.6 is 15.9 Å². The van der Waals surface area contributed by atoms with Gasteiger partial charge in [-0.15, -0.1) is 0 Å². The molecule has 7 heteroatoms. The quantitative estimate of drug-likeness (QED) is 0.808. The molecule has 2 aliphatic rings. The van der Waals surface area contributed by atoms with Crippen molar-refractivity contribution >= 4 is 37.4 Å². The fourth-order valence-electron chi connectivity index (χ4n) is 3.00. The van der Waals surface area contributed by atoms with Crippen LogP contribution in [-0.4, -0.2) is 44.5 Å². The summed E-state index contributed by atoms with van der Waals surface area (Å²) in [5.41, 5.74) is 1.95. The number of fused-ring (bicyclic) bond motifs is 1. The summed E-state index contributed by atoms with van der Waals surface area (Å²) in [6.07, 6.45) is 0. The lowest BCUT2D eigenvalue weighted by Crippen LogP contribution is -2.60. The second kappa shape index (κ2) is 4.73. The van der Waals surface area contributed by atoms with Crippen LogP contribution in [0.1, 0.15) is 5.56 Å². The number of amides is 1. The first kappa shape index (κ1) is 13.9. The summed E-state index contributed by atoms with van der Waals surface area (Å²) in [6, 6.07) is 5.34. The number of anilines is 1. The molecule has 0 aromatic heterocycles. The van der Waals surface area contributed by atoms with Gasteiger partial charge in [0.25, 0.3) is 0 Å². The van der Waals surface area contributed by atoms with E-state index in [1.807, 2.05) is 30.0 Å². The zero-order valence-electron chi connectivity index (χ0n) is 11.0. The lowest BCUT2D eigenvalue weighted by Gasteiger charge is -2.39. The molecule has 1 N–H and O–H groups in total. The van der Waals surface area contributed by atoms with E-state index in [1.165, 1.54) is 0 Å². The van der Waals surface area contributed by atoms with E-state index in [0.717, 1.165) is 15.7 Å². The van der Waals surface area contributed by atoms with E-state index in [2.05, 4.69) is 21.2 Å². The van der Waals surface area contributed by atoms with Gasteiger partial charge in [0.15, 0.2) is 9.84 Å². The van der Waals surface area contributed by atoms with Crippen molar-refractivity contribution < 1.29 is 13.2 Å². The molecule has 2 saturated heterocycles. The molecule has 0 aliphatic carbocycles. The van der Waals surface area contributed by atoms with Gasteiger partial charge in [-0.05, 0) is 30.7 Å². The van der Waals surface area contributed by atoms with Crippen LogP contribution in [0.5, 0.6) is 0 Å². The summed E-state index contributed by atoms with van der Waals surface area (Å²) in [4.78, 5) is 13.7. The van der Waals surface area contributed by atoms with E-state index in [-0.39, 0.29) is 36.0 Å². The SMILES string of the molecule is Cc1cc(Br)ccc1N1CC(=O)N[C@H]2CS(=O)(=O)C[C@@H]21. The van der Waals surface area contributed by atoms with E-state index < -0.39 is 9.84 Å². The van der Waals surface area contributed by atoms with Crippen LogP contribution in [0.15, 0.2) is 22.7 Å². The van der Waals surface area contributed by atoms with Crippen molar-refractivity contribution in [1.82, 2.24) is 5.32 Å². The minimum Gasteiger partial charge on any atom is -0.356 e. The molecule has 0 saturated carbocycles. The standard InChI is InChI=1S/C13H15BrN2O3S/c1-8-4-9(14)2-3-11(8)16-5-13(17)15-10-6-20(18,19)7-12(10)16/h2-4,10,12H,5-7H2,1H3,(H,15,17)/t10-,12-/m0/s1. The van der Waals surface area contributed by atoms with Gasteiger partial charge in [0.05, 0.1) is 30.1 Å². The molecule has 0 bridgehead atoms. The van der Waals surface area contributed by atoms with E-state index in [4.69, 9.17) is 0 Å². The highest BCUT2D eigenvalue weighted by Crippen LogP contribution is 2.30. The van der Waals surface area contributed by atoms with Gasteiger partial charge >= 0.3 is 0 Å². The average Bonchev–Trinajstić information content (AvgIpc) is 2.62. The summed E-state index contributed by atoms with van der Waals surface area (Å²) >= 11 is 3.41. The lowest BCUT2D eigenvalue weighted by atomic mass is 10.0. The number of piperazine rings is 1. The van der Waals surface area contributed by atoms with Crippen molar-refractivity contribution in [3.8, 4) is 0 Å². The van der Waals surface area contributed by atoms with Gasteiger partial charge in [-0.25, -0.2) is 8.42 Å². The Morgan fingerprint density at radius 2 is 2.10 bits per heavy atom. The number of carbonyl (C=O) groups is 1. The Balaban J connectivity index is 2.01. The van der Waals surface area contributed by atoms with E-state index in [1.54, 1.807) is 0 Å². The normalized spacial score (nSPS) is 28.1. The molecule has 20 heavy (non-hydrogen) atoms. The van der Waals surface area contributed by atoms with Crippen LogP contribution in [0.4, 0.5) is 5.69 Å². The Labute approximate surface area is 126 Å². The zero-order valence-corrected chi connectivity index (χ0v) is 13.4. The van der Waals surface area contributed by atoms with Crippen molar-refractivity contribution in [3.63, 3.8) is 0 Å². The monoisotopic (exact) mass is 358 g/mol. The third kappa shape index (κ3) is 2.44. The highest BCUT2D eigenvalue weighted by atomic mass is 79.9. The van der Waals surface area contributed by atoms with Gasteiger partial charge in [0, 0.05) is 10.2 Å². The Bertz CT molecular complexity index is 674. The Morgan fingerprint density at radius 3 is 2.80 bits per heavy atom. The highest BCUT2D eigenvalue weighted by molar-refractivity contribution is 9.10. The maximum absolute atomic E-state index is 11.8. The number of rotatable bonds is 1. The lowest BCUT2D eigenvalue weighted by molar-refractivity contribution is -0.121. The van der Waals surface area contributed by atoms with E-state index >= 15 is 0 Å². The molecular formula is C13H15BrN2O3S. The van der Waals surface area contributed by atoms with Crippen LogP contribution in [-0.2, 0) is 14.6 Å². The number of carbonyl (C=O) groups excluding carboxylic acids is 1. The van der Waals surface area contributed by atoms with Crippen molar-refractivity contribution in [2.75, 3.05) is 23.0 Å². The molecule has 2 atom stereocenters. The fourth-order valence-corrected chi connectivity index (χ4v) is 5.40. The molecule has 2 aliphatic heterocycles. The fraction of sp³-hybridized carbons (Fsp3) is 0.462. The van der Waals surface area contributed by atoms with Crippen LogP contribution in [0, 0.1) is 6.92 Å². The predicted octanol–water partition coefficient (Wildman–Crippen LogP) is 0.859. The number of hydrogen-bond donors (Lipinski definition) is 1. The van der Waals surface area contributed by atoms with E-state index in [0.29, 0.717) is 0 Å². The van der Waals surface area contributed by atoms with E-state index in [9.17, 15) is 13.2 Å². The largest absolute Gasteiger partial charge is 0.356 e. The minimum atomic E-state index is -3.08. The number of aryl methyl sites for hydroxylation is 1. The summed E-state index contributed by atoms with van der Waals surface area (Å²) in [5, 5.41) is 2.80. The molecule has 3 rings (SSSR count). The molecule has 5 nitrogen and oxygen atoms in total. The summed E-state index contributed by atoms with van der Waals surface area (Å²) < 4.78 is 24.6. The number of nitrogens with one attached hydrogen (secondary N) is 1. The molecule has 0 radical (unpaired) electrons. The molecule has 0 spiro atoms. The van der Waals surface area contributed by atoms with Gasteiger partial charge in [-0.3, -0.25) is 4.79 Å². The summed E-state index contributed by atoms with van der Waals surface area (Å²) in [6.45, 7) is 2.17. The third-order valence-electron chi connectivity index (χ3n) is 3.85. The molecule has 108 valence electrons. The first-order valence-electron chi connectivity index (χ1n) is 6.38. The van der Waals surface area contributed by atoms with Crippen LogP contribution < -0.4 is 10.2 Å². The van der Waals surface area contributed by atoms with Crippen molar-refractivity contribution in [2.24, 2.45) is 0 Å². The predicted molar refractivity (Wildman–Crippen MR) is 80.6 cm³/mol. The van der Waals surface area contributed by atoms with Crippen LogP contribution in [0.25, 0.3) is 0 Å². The summed E-state index contributed by atoms with van der Waals surface area (Å²) in [7, 11) is -3.08. The van der Waals surface area contributed by atoms with Gasteiger partial charge in [-0.1, -0.05) is 15.9 Å². The highest BCUT2D eigenvalue weighted by Gasteiger charge is 2.45. The van der Waals surface area contributed by atoms with Gasteiger partial charge < -0.3 is 10.2 Å². The zero-order chi connectivity index (χ0) is 14.5. The van der Waals surface area contributed by atoms with Gasteiger partial charge in [0.2, 0.25) is 5.91 Å². The molecule has 2 heterocycles. The second-order valence-corrected chi connectivity index (χ2v) is 8.45. The average molecular weight is 359 g/mol. The van der Waals surface area contributed by atoms with Crippen LogP contribution in [0.2, 0.25) is 0 Å². The number of sulfone groups is 1. The Hall–Kier alpha value is -1.08. The first-order valence-corrected chi connectivity index (χ1v) is 9.00. The minimum absolute atomic E-state index is 0.0372. The maximum Gasteiger partial charge on any atom is 0.239 e. The number of halogens is 1. The van der Waals surface area contributed by atoms with Crippen molar-refractivity contribution in [3.05, 3.63) is 28.2 Å². The van der Waals surface area contributed by atoms with Crippen molar-refractivity contribution in [2.45, 2.75) is 19.0 Å². The second-order valence-electron chi connectivity index (χ2n) is 5.38. The molecule has 1 amide bonds. The number of hydrogen-bond acceptors (Lipinski definition) is 4. The molecule has 1 aromatic carbocycles. The Kier molecular flexibility index (Phi) is 3.29. The van der Waals surface area contributed by atoms with Gasteiger partial charge in [-0.2, -0.15) is 0 Å². The molecule has 2 fully saturated rings. The smallest absolute Gasteiger partial charge is 0.239 e. The maximum atomic E-state index is 11.8. The summed E-state index contributed by atoms with van der Waals surface area (Å²) in [5.74, 6) is 0.0220. The van der Waals surface area contributed by atoms with Crippen molar-refractivity contribution in [1.29, 1.82) is 0 Å². The molecule has 0 unspecified atom stereocenters. The van der Waals surface area contributed by atoms with Crippen LogP contribution in [0.3, 0.4) is 0 Å². The first-order chi connectivity index (χ1) is 9.35.